The lowest BCUT2D eigenvalue weighted by molar-refractivity contribution is 0.584. The van der Waals surface area contributed by atoms with Crippen molar-refractivity contribution < 1.29 is 8.78 Å². The van der Waals surface area contributed by atoms with Gasteiger partial charge in [0.2, 0.25) is 5.28 Å². The van der Waals surface area contributed by atoms with E-state index in [0.717, 1.165) is 6.07 Å². The smallest absolute Gasteiger partial charge is 0.222 e. The maximum absolute atomic E-state index is 13.9. The first kappa shape index (κ1) is 12.4. The Morgan fingerprint density at radius 1 is 1.29 bits per heavy atom. The molecule has 0 N–H and O–H groups in total. The van der Waals surface area contributed by atoms with Crippen LogP contribution in [-0.2, 0) is 0 Å². The molecule has 0 atom stereocenters. The number of hydrogen-bond acceptors (Lipinski definition) is 2. The monoisotopic (exact) mass is 318 g/mol. The van der Waals surface area contributed by atoms with Crippen LogP contribution in [0.1, 0.15) is 5.56 Å². The van der Waals surface area contributed by atoms with Crippen molar-refractivity contribution in [2.24, 2.45) is 0 Å². The minimum Gasteiger partial charge on any atom is -0.226 e. The van der Waals surface area contributed by atoms with E-state index in [1.54, 1.807) is 6.92 Å². The molecule has 0 aliphatic heterocycles. The second-order valence-corrected chi connectivity index (χ2v) is 4.58. The topological polar surface area (TPSA) is 25.8 Å². The third kappa shape index (κ3) is 2.30. The molecule has 1 heterocycles. The lowest BCUT2D eigenvalue weighted by atomic mass is 10.1. The third-order valence-corrected chi connectivity index (χ3v) is 3.02. The maximum atomic E-state index is 13.9. The van der Waals surface area contributed by atoms with E-state index in [9.17, 15) is 8.78 Å². The highest BCUT2D eigenvalue weighted by atomic mass is 79.9. The Bertz CT molecular complexity index is 590. The van der Waals surface area contributed by atoms with E-state index in [2.05, 4.69) is 25.9 Å². The standard InChI is InChI=1S/C11H6BrClF2N2/c1-5-4-16-11(13)17-10(5)8-7(14)3-2-6(12)9(8)15/h2-4H,1H3. The largest absolute Gasteiger partial charge is 0.226 e. The first-order chi connectivity index (χ1) is 8.00. The van der Waals surface area contributed by atoms with Crippen LogP contribution >= 0.6 is 27.5 Å². The van der Waals surface area contributed by atoms with Gasteiger partial charge in [0.25, 0.3) is 0 Å². The summed E-state index contributed by atoms with van der Waals surface area (Å²) in [6.45, 7) is 1.66. The van der Waals surface area contributed by atoms with Crippen LogP contribution in [-0.4, -0.2) is 9.97 Å². The minimum absolute atomic E-state index is 0.0515. The van der Waals surface area contributed by atoms with Crippen molar-refractivity contribution in [3.8, 4) is 11.3 Å². The van der Waals surface area contributed by atoms with Crippen LogP contribution in [0.2, 0.25) is 5.28 Å². The number of benzene rings is 1. The Morgan fingerprint density at radius 2 is 2.00 bits per heavy atom. The van der Waals surface area contributed by atoms with Crippen LogP contribution in [0.15, 0.2) is 22.8 Å². The van der Waals surface area contributed by atoms with Crippen molar-refractivity contribution in [2.75, 3.05) is 0 Å². The van der Waals surface area contributed by atoms with E-state index >= 15 is 0 Å². The van der Waals surface area contributed by atoms with Gasteiger partial charge in [-0.15, -0.1) is 0 Å². The van der Waals surface area contributed by atoms with Gasteiger partial charge >= 0.3 is 0 Å². The number of rotatable bonds is 1. The third-order valence-electron chi connectivity index (χ3n) is 2.22. The summed E-state index contributed by atoms with van der Waals surface area (Å²) in [5.74, 6) is -1.40. The SMILES string of the molecule is Cc1cnc(Cl)nc1-c1c(F)ccc(Br)c1F. The van der Waals surface area contributed by atoms with Crippen LogP contribution in [0.5, 0.6) is 0 Å². The predicted molar refractivity (Wildman–Crippen MR) is 64.8 cm³/mol. The first-order valence-electron chi connectivity index (χ1n) is 4.63. The molecule has 1 aromatic carbocycles. The minimum atomic E-state index is -0.706. The zero-order chi connectivity index (χ0) is 12.6. The maximum Gasteiger partial charge on any atom is 0.222 e. The summed E-state index contributed by atoms with van der Waals surface area (Å²) in [5.41, 5.74) is 0.493. The molecule has 2 rings (SSSR count). The first-order valence-corrected chi connectivity index (χ1v) is 5.81. The highest BCUT2D eigenvalue weighted by molar-refractivity contribution is 9.10. The van der Waals surface area contributed by atoms with Crippen LogP contribution in [0, 0.1) is 18.6 Å². The fraction of sp³-hybridized carbons (Fsp3) is 0.0909. The van der Waals surface area contributed by atoms with Gasteiger partial charge in [0.1, 0.15) is 11.6 Å². The normalized spacial score (nSPS) is 10.6. The van der Waals surface area contributed by atoms with E-state index in [0.29, 0.717) is 5.56 Å². The lowest BCUT2D eigenvalue weighted by Gasteiger charge is -2.08. The second kappa shape index (κ2) is 4.66. The molecule has 0 saturated heterocycles. The second-order valence-electron chi connectivity index (χ2n) is 3.39. The molecule has 17 heavy (non-hydrogen) atoms. The number of nitrogens with zero attached hydrogens (tertiary/aromatic N) is 2. The molecule has 1 aromatic heterocycles. The van der Waals surface area contributed by atoms with Crippen LogP contribution in [0.3, 0.4) is 0 Å². The van der Waals surface area contributed by atoms with Gasteiger partial charge in [0, 0.05) is 6.20 Å². The average molecular weight is 320 g/mol. The summed E-state index contributed by atoms with van der Waals surface area (Å²) in [6.07, 6.45) is 1.42. The zero-order valence-corrected chi connectivity index (χ0v) is 11.0. The van der Waals surface area contributed by atoms with Crippen molar-refractivity contribution in [1.82, 2.24) is 9.97 Å². The van der Waals surface area contributed by atoms with Gasteiger partial charge in [-0.1, -0.05) is 0 Å². The quantitative estimate of drug-likeness (QED) is 0.583. The van der Waals surface area contributed by atoms with Crippen LogP contribution < -0.4 is 0 Å². The Kier molecular flexibility index (Phi) is 3.40. The van der Waals surface area contributed by atoms with Gasteiger partial charge in [0.15, 0.2) is 0 Å². The summed E-state index contributed by atoms with van der Waals surface area (Å²) in [4.78, 5) is 7.60. The molecule has 0 aliphatic rings. The summed E-state index contributed by atoms with van der Waals surface area (Å²) in [7, 11) is 0. The van der Waals surface area contributed by atoms with Gasteiger partial charge in [-0.3, -0.25) is 0 Å². The molecule has 0 spiro atoms. The molecule has 2 nitrogen and oxygen atoms in total. The van der Waals surface area contributed by atoms with Crippen molar-refractivity contribution in [1.29, 1.82) is 0 Å². The number of aromatic nitrogens is 2. The molecule has 0 bridgehead atoms. The molecular weight excluding hydrogens is 313 g/mol. The number of halogens is 4. The number of hydrogen-bond donors (Lipinski definition) is 0. The molecule has 6 heteroatoms. The summed E-state index contributed by atoms with van der Waals surface area (Å²) in [6, 6.07) is 2.46. The summed E-state index contributed by atoms with van der Waals surface area (Å²) >= 11 is 8.63. The van der Waals surface area contributed by atoms with Crippen molar-refractivity contribution >= 4 is 27.5 Å². The molecule has 0 radical (unpaired) electrons. The van der Waals surface area contributed by atoms with Gasteiger partial charge in [-0.25, -0.2) is 18.7 Å². The van der Waals surface area contributed by atoms with Gasteiger partial charge in [-0.2, -0.15) is 0 Å². The van der Waals surface area contributed by atoms with Crippen LogP contribution in [0.4, 0.5) is 8.78 Å². The summed E-state index contributed by atoms with van der Waals surface area (Å²) < 4.78 is 27.7. The Balaban J connectivity index is 2.76. The molecule has 0 saturated carbocycles. The molecule has 88 valence electrons. The Morgan fingerprint density at radius 3 is 2.71 bits per heavy atom. The van der Waals surface area contributed by atoms with E-state index < -0.39 is 11.6 Å². The van der Waals surface area contributed by atoms with Gasteiger partial charge in [-0.05, 0) is 52.2 Å². The zero-order valence-electron chi connectivity index (χ0n) is 8.64. The Labute approximate surface area is 110 Å². The molecule has 0 fully saturated rings. The lowest BCUT2D eigenvalue weighted by Crippen LogP contribution is -1.98. The van der Waals surface area contributed by atoms with Crippen molar-refractivity contribution in [3.63, 3.8) is 0 Å². The highest BCUT2D eigenvalue weighted by Crippen LogP contribution is 2.31. The molecular formula is C11H6BrClF2N2. The fourth-order valence-electron chi connectivity index (χ4n) is 1.42. The van der Waals surface area contributed by atoms with Crippen molar-refractivity contribution in [3.05, 3.63) is 45.3 Å². The predicted octanol–water partition coefficient (Wildman–Crippen LogP) is 4.15. The highest BCUT2D eigenvalue weighted by Gasteiger charge is 2.18. The number of aryl methyl sites for hydroxylation is 1. The van der Waals surface area contributed by atoms with E-state index in [1.807, 2.05) is 0 Å². The van der Waals surface area contributed by atoms with E-state index in [-0.39, 0.29) is 21.0 Å². The molecule has 0 aliphatic carbocycles. The van der Waals surface area contributed by atoms with Gasteiger partial charge in [0.05, 0.1) is 15.7 Å². The fourth-order valence-corrected chi connectivity index (χ4v) is 1.88. The molecule has 2 aromatic rings. The Hall–Kier alpha value is -1.07. The van der Waals surface area contributed by atoms with E-state index in [1.165, 1.54) is 12.3 Å². The average Bonchev–Trinajstić information content (AvgIpc) is 2.29. The van der Waals surface area contributed by atoms with E-state index in [4.69, 9.17) is 11.6 Å². The van der Waals surface area contributed by atoms with Crippen molar-refractivity contribution in [2.45, 2.75) is 6.92 Å². The van der Waals surface area contributed by atoms with Gasteiger partial charge < -0.3 is 0 Å². The molecule has 0 unspecified atom stereocenters. The summed E-state index contributed by atoms with van der Waals surface area (Å²) in [5, 5.41) is -0.0515. The molecule has 0 amide bonds. The van der Waals surface area contributed by atoms with Crippen LogP contribution in [0.25, 0.3) is 11.3 Å².